The van der Waals surface area contributed by atoms with E-state index in [2.05, 4.69) is 15.1 Å². The van der Waals surface area contributed by atoms with Gasteiger partial charge in [0, 0.05) is 7.05 Å². The lowest BCUT2D eigenvalue weighted by Gasteiger charge is -1.91. The van der Waals surface area contributed by atoms with Gasteiger partial charge in [0.05, 0.1) is 11.6 Å². The summed E-state index contributed by atoms with van der Waals surface area (Å²) in [6.45, 7) is 0. The fraction of sp³-hybridized carbons (Fsp3) is 0.167. The Kier molecular flexibility index (Phi) is 1.37. The first kappa shape index (κ1) is 7.23. The first-order chi connectivity index (χ1) is 5.68. The Morgan fingerprint density at radius 3 is 3.08 bits per heavy atom. The van der Waals surface area contributed by atoms with E-state index in [4.69, 9.17) is 12.2 Å². The van der Waals surface area contributed by atoms with Gasteiger partial charge in [-0.1, -0.05) is 12.2 Å². The monoisotopic (exact) mass is 182 g/mol. The molecule has 0 atom stereocenters. The largest absolute Gasteiger partial charge is 0.325 e. The second-order valence-electron chi connectivity index (χ2n) is 2.44. The molecule has 0 saturated carbocycles. The zero-order valence-corrected chi connectivity index (χ0v) is 7.10. The van der Waals surface area contributed by atoms with Gasteiger partial charge in [-0.05, 0) is 0 Å². The van der Waals surface area contributed by atoms with Crippen LogP contribution < -0.4 is 5.69 Å². The topological polar surface area (TPSA) is 66.5 Å². The minimum Gasteiger partial charge on any atom is -0.298 e. The molecule has 6 heteroatoms. The minimum atomic E-state index is -0.309. The van der Waals surface area contributed by atoms with E-state index >= 15 is 0 Å². The summed E-state index contributed by atoms with van der Waals surface area (Å²) in [7, 11) is 1.74. The van der Waals surface area contributed by atoms with Gasteiger partial charge in [0.2, 0.25) is 0 Å². The molecule has 62 valence electrons. The molecule has 12 heavy (non-hydrogen) atoms. The second-order valence-corrected chi connectivity index (χ2v) is 2.85. The molecule has 0 aliphatic carbocycles. The fourth-order valence-electron chi connectivity index (χ4n) is 1.06. The third-order valence-electron chi connectivity index (χ3n) is 1.64. The van der Waals surface area contributed by atoms with Crippen LogP contribution >= 0.6 is 12.2 Å². The number of rotatable bonds is 0. The van der Waals surface area contributed by atoms with E-state index < -0.39 is 0 Å². The number of hydrogen-bond acceptors (Lipinski definition) is 3. The zero-order chi connectivity index (χ0) is 8.72. The molecule has 2 aromatic heterocycles. The Morgan fingerprint density at radius 1 is 1.58 bits per heavy atom. The Labute approximate surface area is 72.0 Å². The highest BCUT2D eigenvalue weighted by Gasteiger charge is 2.00. The predicted molar refractivity (Wildman–Crippen MR) is 46.5 cm³/mol. The number of nitrogens with zero attached hydrogens (tertiary/aromatic N) is 2. The number of fused-ring (bicyclic) bond motifs is 1. The summed E-state index contributed by atoms with van der Waals surface area (Å²) in [5.74, 6) is 0. The molecular formula is C6H6N4OS. The normalized spacial score (nSPS) is 10.8. The average Bonchev–Trinajstić information content (AvgIpc) is 2.33. The third-order valence-corrected chi connectivity index (χ3v) is 1.96. The van der Waals surface area contributed by atoms with Crippen molar-refractivity contribution in [3.8, 4) is 0 Å². The van der Waals surface area contributed by atoms with Gasteiger partial charge < -0.3 is 0 Å². The van der Waals surface area contributed by atoms with Gasteiger partial charge >= 0.3 is 5.69 Å². The molecule has 0 radical (unpaired) electrons. The van der Waals surface area contributed by atoms with Crippen molar-refractivity contribution in [1.29, 1.82) is 0 Å². The summed E-state index contributed by atoms with van der Waals surface area (Å²) >= 11 is 4.93. The molecule has 2 N–H and O–H groups in total. The molecule has 0 amide bonds. The van der Waals surface area contributed by atoms with Crippen LogP contribution in [0.25, 0.3) is 11.0 Å². The fourth-order valence-corrected chi connectivity index (χ4v) is 1.30. The molecule has 0 bridgehead atoms. The highest BCUT2D eigenvalue weighted by molar-refractivity contribution is 7.71. The van der Waals surface area contributed by atoms with Gasteiger partial charge in [-0.3, -0.25) is 14.6 Å². The van der Waals surface area contributed by atoms with E-state index in [-0.39, 0.29) is 5.69 Å². The van der Waals surface area contributed by atoms with Crippen LogP contribution in [0.1, 0.15) is 0 Å². The Bertz CT molecular complexity index is 534. The zero-order valence-electron chi connectivity index (χ0n) is 6.29. The molecular weight excluding hydrogens is 176 g/mol. The molecule has 0 spiro atoms. The first-order valence-electron chi connectivity index (χ1n) is 3.33. The maximum atomic E-state index is 10.9. The van der Waals surface area contributed by atoms with Crippen LogP contribution in [0, 0.1) is 4.64 Å². The number of aromatic nitrogens is 4. The van der Waals surface area contributed by atoms with Gasteiger partial charge in [0.1, 0.15) is 10.3 Å². The molecule has 0 saturated heterocycles. The summed E-state index contributed by atoms with van der Waals surface area (Å²) < 4.78 is 1.99. The predicted octanol–water partition coefficient (Wildman–Crippen LogP) is 0.319. The van der Waals surface area contributed by atoms with E-state index in [1.54, 1.807) is 17.9 Å². The standard InChI is InChI=1S/C6H6N4OS/c1-10-4-3(2-7-10)5(12)9-6(11)8-4/h2H,1H3,(H2,8,9,11,12). The van der Waals surface area contributed by atoms with Crippen molar-refractivity contribution in [1.82, 2.24) is 19.7 Å². The average molecular weight is 182 g/mol. The quantitative estimate of drug-likeness (QED) is 0.576. The third kappa shape index (κ3) is 0.884. The van der Waals surface area contributed by atoms with Crippen molar-refractivity contribution in [2.75, 3.05) is 0 Å². The highest BCUT2D eigenvalue weighted by atomic mass is 32.1. The van der Waals surface area contributed by atoms with Crippen molar-refractivity contribution in [3.63, 3.8) is 0 Å². The Hall–Kier alpha value is -1.43. The van der Waals surface area contributed by atoms with Gasteiger partial charge in [-0.15, -0.1) is 0 Å². The number of nitrogens with one attached hydrogen (secondary N) is 2. The summed E-state index contributed by atoms with van der Waals surface area (Å²) in [6, 6.07) is 0. The van der Waals surface area contributed by atoms with Crippen LogP contribution in [0.5, 0.6) is 0 Å². The Balaban J connectivity index is 3.13. The number of hydrogen-bond donors (Lipinski definition) is 2. The number of aryl methyl sites for hydroxylation is 1. The van der Waals surface area contributed by atoms with Crippen molar-refractivity contribution in [2.24, 2.45) is 7.05 Å². The van der Waals surface area contributed by atoms with E-state index in [1.807, 2.05) is 0 Å². The van der Waals surface area contributed by atoms with Crippen LogP contribution in [0.3, 0.4) is 0 Å². The van der Waals surface area contributed by atoms with Crippen LogP contribution in [0.2, 0.25) is 0 Å². The lowest BCUT2D eigenvalue weighted by Crippen LogP contribution is -2.11. The van der Waals surface area contributed by atoms with Crippen LogP contribution in [0.4, 0.5) is 0 Å². The molecule has 0 unspecified atom stereocenters. The van der Waals surface area contributed by atoms with Crippen molar-refractivity contribution < 1.29 is 0 Å². The number of H-pyrrole nitrogens is 2. The van der Waals surface area contributed by atoms with E-state index in [0.29, 0.717) is 10.3 Å². The molecule has 0 fully saturated rings. The Morgan fingerprint density at radius 2 is 2.33 bits per heavy atom. The molecule has 5 nitrogen and oxygen atoms in total. The van der Waals surface area contributed by atoms with Gasteiger partial charge in [-0.25, -0.2) is 4.79 Å². The van der Waals surface area contributed by atoms with E-state index in [9.17, 15) is 4.79 Å². The van der Waals surface area contributed by atoms with Gasteiger partial charge in [-0.2, -0.15) is 5.10 Å². The lowest BCUT2D eigenvalue weighted by atomic mass is 10.4. The molecule has 0 aromatic carbocycles. The molecule has 2 rings (SSSR count). The van der Waals surface area contributed by atoms with Crippen molar-refractivity contribution in [3.05, 3.63) is 21.3 Å². The van der Waals surface area contributed by atoms with Crippen molar-refractivity contribution in [2.45, 2.75) is 0 Å². The SMILES string of the molecule is Cn1ncc2c(=S)[nH]c(=O)[nH]c21. The lowest BCUT2D eigenvalue weighted by molar-refractivity contribution is 0.783. The highest BCUT2D eigenvalue weighted by Crippen LogP contribution is 2.06. The molecule has 0 aliphatic heterocycles. The van der Waals surface area contributed by atoms with Crippen molar-refractivity contribution >= 4 is 23.3 Å². The minimum absolute atomic E-state index is 0.309. The molecule has 2 aromatic rings. The van der Waals surface area contributed by atoms with E-state index in [0.717, 1.165) is 5.39 Å². The maximum absolute atomic E-state index is 10.9. The molecule has 2 heterocycles. The van der Waals surface area contributed by atoms with Gasteiger partial charge in [0.25, 0.3) is 0 Å². The smallest absolute Gasteiger partial charge is 0.298 e. The van der Waals surface area contributed by atoms with Crippen LogP contribution in [-0.4, -0.2) is 19.7 Å². The second kappa shape index (κ2) is 2.28. The van der Waals surface area contributed by atoms with Crippen LogP contribution in [-0.2, 0) is 7.05 Å². The molecule has 0 aliphatic rings. The summed E-state index contributed by atoms with van der Waals surface area (Å²) in [6.07, 6.45) is 1.62. The summed E-state index contributed by atoms with van der Waals surface area (Å²) in [5.41, 5.74) is 0.333. The van der Waals surface area contributed by atoms with Crippen LogP contribution in [0.15, 0.2) is 11.0 Å². The summed E-state index contributed by atoms with van der Waals surface area (Å²) in [4.78, 5) is 16.0. The first-order valence-corrected chi connectivity index (χ1v) is 3.73. The van der Waals surface area contributed by atoms with Gasteiger partial charge in [0.15, 0.2) is 0 Å². The summed E-state index contributed by atoms with van der Waals surface area (Å²) in [5, 5.41) is 4.71. The maximum Gasteiger partial charge on any atom is 0.325 e. The number of aromatic amines is 2. The van der Waals surface area contributed by atoms with E-state index in [1.165, 1.54) is 0 Å².